The summed E-state index contributed by atoms with van der Waals surface area (Å²) in [6.45, 7) is 6.36. The summed E-state index contributed by atoms with van der Waals surface area (Å²) in [6, 6.07) is 6.46. The molecule has 1 rings (SSSR count). The lowest BCUT2D eigenvalue weighted by molar-refractivity contribution is -0.127. The lowest BCUT2D eigenvalue weighted by Crippen LogP contribution is -2.48. The van der Waals surface area contributed by atoms with Crippen LogP contribution in [0.15, 0.2) is 24.3 Å². The first kappa shape index (κ1) is 42.6. The number of hydrogen-bond acceptors (Lipinski definition) is 11. The number of ketones is 1. The highest BCUT2D eigenvalue weighted by atomic mass is 16.5. The zero-order valence-electron chi connectivity index (χ0n) is 28.3. The lowest BCUT2D eigenvalue weighted by atomic mass is 10.0. The Morgan fingerprint density at radius 2 is 1.27 bits per heavy atom. The normalized spacial score (nSPS) is 12.2. The topological polar surface area (TPSA) is 208 Å². The predicted octanol–water partition coefficient (Wildman–Crippen LogP) is -0.828. The Morgan fingerprint density at radius 1 is 0.729 bits per heavy atom. The van der Waals surface area contributed by atoms with Crippen molar-refractivity contribution in [3.8, 4) is 0 Å². The van der Waals surface area contributed by atoms with Gasteiger partial charge in [0.1, 0.15) is 13.2 Å². The van der Waals surface area contributed by atoms with Gasteiger partial charge < -0.3 is 45.9 Å². The third-order valence-electron chi connectivity index (χ3n) is 6.93. The summed E-state index contributed by atoms with van der Waals surface area (Å²) in [6.07, 6.45) is 2.54. The number of hydrogen-bond donors (Lipinski definition) is 6. The van der Waals surface area contributed by atoms with Crippen LogP contribution in [0.2, 0.25) is 0 Å². The van der Waals surface area contributed by atoms with E-state index in [-0.39, 0.29) is 69.7 Å². The second kappa shape index (κ2) is 27.5. The molecule has 0 saturated heterocycles. The second-order valence-electron chi connectivity index (χ2n) is 10.9. The van der Waals surface area contributed by atoms with Gasteiger partial charge in [-0.25, -0.2) is 0 Å². The summed E-state index contributed by atoms with van der Waals surface area (Å²) >= 11 is 0. The average molecular weight is 679 g/mol. The Labute approximate surface area is 284 Å². The fourth-order valence-electron chi connectivity index (χ4n) is 4.14. The quantitative estimate of drug-likeness (QED) is 0.0437. The van der Waals surface area contributed by atoms with Crippen molar-refractivity contribution in [1.82, 2.24) is 26.6 Å². The molecule has 270 valence electrons. The third-order valence-corrected chi connectivity index (χ3v) is 6.93. The molecular formula is C33H54N6O9. The molecule has 0 bridgehead atoms. The number of unbranched alkanes of at least 4 members (excludes halogenated alkanes) is 1. The molecular weight excluding hydrogens is 624 g/mol. The smallest absolute Gasteiger partial charge is 0.246 e. The zero-order chi connectivity index (χ0) is 35.4. The van der Waals surface area contributed by atoms with Gasteiger partial charge in [-0.15, -0.1) is 0 Å². The SMILES string of the molecule is [CH]N[C@@H](CCCCNC(=O)COCCOCCNC(=O)COCCOCCNC(=O)CC)C(=O)CN[C@@H](Cc1ccc(C)cc1)C(N)=O. The van der Waals surface area contributed by atoms with Gasteiger partial charge in [0.2, 0.25) is 23.6 Å². The number of rotatable bonds is 30. The van der Waals surface area contributed by atoms with Crippen molar-refractivity contribution in [2.75, 3.05) is 79.0 Å². The summed E-state index contributed by atoms with van der Waals surface area (Å²) in [4.78, 5) is 59.3. The van der Waals surface area contributed by atoms with Gasteiger partial charge in [0.15, 0.2) is 5.78 Å². The van der Waals surface area contributed by atoms with Gasteiger partial charge >= 0.3 is 0 Å². The average Bonchev–Trinajstić information content (AvgIpc) is 3.07. The number of nitrogens with two attached hydrogens (primary N) is 1. The number of carbonyl (C=O) groups is 5. The van der Waals surface area contributed by atoms with Gasteiger partial charge in [-0.2, -0.15) is 0 Å². The molecule has 2 atom stereocenters. The Bertz CT molecular complexity index is 1070. The first-order valence-electron chi connectivity index (χ1n) is 16.3. The van der Waals surface area contributed by atoms with E-state index in [9.17, 15) is 24.0 Å². The van der Waals surface area contributed by atoms with Gasteiger partial charge in [-0.3, -0.25) is 29.3 Å². The Balaban J connectivity index is 2.01. The van der Waals surface area contributed by atoms with Crippen LogP contribution < -0.4 is 32.3 Å². The molecule has 48 heavy (non-hydrogen) atoms. The van der Waals surface area contributed by atoms with E-state index in [0.29, 0.717) is 65.0 Å². The summed E-state index contributed by atoms with van der Waals surface area (Å²) in [7, 11) is 5.58. The highest BCUT2D eigenvalue weighted by molar-refractivity contribution is 5.87. The van der Waals surface area contributed by atoms with Crippen LogP contribution >= 0.6 is 0 Å². The molecule has 7 N–H and O–H groups in total. The maximum atomic E-state index is 12.6. The molecule has 4 amide bonds. The fourth-order valence-corrected chi connectivity index (χ4v) is 4.14. The number of Topliss-reactive ketones (excluding diaryl/α,β-unsaturated/α-hetero) is 1. The molecule has 0 aliphatic rings. The van der Waals surface area contributed by atoms with Gasteiger partial charge in [-0.05, 0) is 38.2 Å². The molecule has 0 saturated carbocycles. The number of ether oxygens (including phenoxy) is 4. The Hall–Kier alpha value is -3.47. The minimum absolute atomic E-state index is 0.0310. The molecule has 15 heteroatoms. The van der Waals surface area contributed by atoms with Crippen molar-refractivity contribution < 1.29 is 42.9 Å². The van der Waals surface area contributed by atoms with Crippen molar-refractivity contribution in [3.05, 3.63) is 42.4 Å². The van der Waals surface area contributed by atoms with Crippen LogP contribution in [0.25, 0.3) is 0 Å². The minimum Gasteiger partial charge on any atom is -0.377 e. The van der Waals surface area contributed by atoms with Crippen molar-refractivity contribution in [3.63, 3.8) is 0 Å². The summed E-state index contributed by atoms with van der Waals surface area (Å²) < 4.78 is 21.2. The van der Waals surface area contributed by atoms with E-state index < -0.39 is 18.0 Å². The summed E-state index contributed by atoms with van der Waals surface area (Å²) in [5, 5.41) is 13.6. The summed E-state index contributed by atoms with van der Waals surface area (Å²) in [5.41, 5.74) is 7.57. The fraction of sp³-hybridized carbons (Fsp3) is 0.636. The van der Waals surface area contributed by atoms with Crippen LogP contribution in [-0.4, -0.2) is 121 Å². The monoisotopic (exact) mass is 678 g/mol. The first-order chi connectivity index (χ1) is 23.2. The number of benzene rings is 1. The Kier molecular flexibility index (Phi) is 24.4. The first-order valence-corrected chi connectivity index (χ1v) is 16.3. The van der Waals surface area contributed by atoms with Crippen molar-refractivity contribution in [2.45, 2.75) is 58.0 Å². The molecule has 0 spiro atoms. The van der Waals surface area contributed by atoms with Gasteiger partial charge in [0.25, 0.3) is 0 Å². The standard InChI is InChI=1S/C33H54N6O9/c1-4-30(41)37-13-15-45-17-20-48-24-32(43)38-14-16-46-18-19-47-23-31(42)36-12-6-5-7-27(35-3)29(40)22-39-28(33(34)44)21-26-10-8-25(2)9-11-26/h3,8-11,27-28,35,39H,4-7,12-24H2,1-2H3,(H2,34,44)(H,36,42)(H,37,41)(H,38,43)/t27-,28-/m0/s1. The number of amides is 4. The maximum absolute atomic E-state index is 12.6. The van der Waals surface area contributed by atoms with Crippen LogP contribution in [0, 0.1) is 14.0 Å². The van der Waals surface area contributed by atoms with E-state index in [1.165, 1.54) is 0 Å². The molecule has 0 heterocycles. The minimum atomic E-state index is -0.686. The van der Waals surface area contributed by atoms with E-state index >= 15 is 0 Å². The van der Waals surface area contributed by atoms with E-state index in [1.54, 1.807) is 6.92 Å². The molecule has 0 aliphatic carbocycles. The number of aryl methyl sites for hydroxylation is 1. The molecule has 2 radical (unpaired) electrons. The van der Waals surface area contributed by atoms with Gasteiger partial charge in [0.05, 0.1) is 58.3 Å². The van der Waals surface area contributed by atoms with Crippen LogP contribution in [0.4, 0.5) is 0 Å². The number of nitrogens with one attached hydrogen (secondary N) is 5. The van der Waals surface area contributed by atoms with Crippen molar-refractivity contribution in [2.24, 2.45) is 5.73 Å². The molecule has 0 fully saturated rings. The molecule has 1 aromatic carbocycles. The van der Waals surface area contributed by atoms with Crippen molar-refractivity contribution >= 4 is 29.4 Å². The highest BCUT2D eigenvalue weighted by Gasteiger charge is 2.21. The number of primary amides is 1. The zero-order valence-corrected chi connectivity index (χ0v) is 28.3. The lowest BCUT2D eigenvalue weighted by Gasteiger charge is -2.19. The predicted molar refractivity (Wildman–Crippen MR) is 179 cm³/mol. The third kappa shape index (κ3) is 22.2. The van der Waals surface area contributed by atoms with Crippen molar-refractivity contribution in [1.29, 1.82) is 0 Å². The molecule has 0 aliphatic heterocycles. The van der Waals surface area contributed by atoms with E-state index in [2.05, 4.69) is 26.6 Å². The van der Waals surface area contributed by atoms with Crippen LogP contribution in [0.5, 0.6) is 0 Å². The maximum Gasteiger partial charge on any atom is 0.246 e. The Morgan fingerprint density at radius 3 is 1.81 bits per heavy atom. The number of carbonyl (C=O) groups excluding carboxylic acids is 5. The molecule has 15 nitrogen and oxygen atoms in total. The molecule has 0 aromatic heterocycles. The molecule has 0 unspecified atom stereocenters. The van der Waals surface area contributed by atoms with Crippen LogP contribution in [0.3, 0.4) is 0 Å². The van der Waals surface area contributed by atoms with Crippen LogP contribution in [-0.2, 0) is 49.3 Å². The van der Waals surface area contributed by atoms with Crippen LogP contribution in [0.1, 0.15) is 43.7 Å². The second-order valence-corrected chi connectivity index (χ2v) is 10.9. The van der Waals surface area contributed by atoms with E-state index in [1.807, 2.05) is 31.2 Å². The van der Waals surface area contributed by atoms with E-state index in [4.69, 9.17) is 31.7 Å². The molecule has 1 aromatic rings. The van der Waals surface area contributed by atoms with Gasteiger partial charge in [0, 0.05) is 33.1 Å². The highest BCUT2D eigenvalue weighted by Crippen LogP contribution is 2.07. The van der Waals surface area contributed by atoms with E-state index in [0.717, 1.165) is 11.1 Å². The van der Waals surface area contributed by atoms with Gasteiger partial charge in [-0.1, -0.05) is 36.8 Å². The largest absolute Gasteiger partial charge is 0.377 e. The summed E-state index contributed by atoms with van der Waals surface area (Å²) in [5.74, 6) is -1.30.